The van der Waals surface area contributed by atoms with Crippen LogP contribution in [-0.4, -0.2) is 38.9 Å². The fraction of sp³-hybridized carbons (Fsp3) is 0.793. The van der Waals surface area contributed by atoms with Gasteiger partial charge in [0.25, 0.3) is 10.1 Å². The average molecular weight is 505 g/mol. The van der Waals surface area contributed by atoms with E-state index in [0.29, 0.717) is 37.6 Å². The molecule has 1 aromatic rings. The maximum absolute atomic E-state index is 12.8. The Hall–Kier alpha value is -0.950. The zero-order valence-corrected chi connectivity index (χ0v) is 22.6. The third-order valence-corrected chi connectivity index (χ3v) is 11.9. The van der Waals surface area contributed by atoms with Crippen molar-refractivity contribution < 1.29 is 22.4 Å². The van der Waals surface area contributed by atoms with Gasteiger partial charge in [-0.2, -0.15) is 8.42 Å². The van der Waals surface area contributed by atoms with Gasteiger partial charge in [0, 0.05) is 6.61 Å². The minimum Gasteiger partial charge on any atom is -0.387 e. The van der Waals surface area contributed by atoms with E-state index in [1.165, 1.54) is 32.1 Å². The number of rotatable bonds is 7. The fourth-order valence-corrected chi connectivity index (χ4v) is 9.66. The second-order valence-corrected chi connectivity index (χ2v) is 14.0. The summed E-state index contributed by atoms with van der Waals surface area (Å²) < 4.78 is 36.9. The molecular weight excluding hydrogens is 460 g/mol. The Balaban J connectivity index is 1.23. The SMILES string of the molecule is CCOC[C@@]1(O)CC[C@H]2[C@H](CC[C@@H]3[C@@H]2CC[C@]2(C)[C@@H](COS(=O)(=O)c4ccc(C)cc4)CC[C@@H]32)C1. The minimum absolute atomic E-state index is 0.168. The molecule has 0 unspecified atom stereocenters. The van der Waals surface area contributed by atoms with Crippen molar-refractivity contribution in [1.82, 2.24) is 0 Å². The van der Waals surface area contributed by atoms with Crippen molar-refractivity contribution in [2.24, 2.45) is 40.9 Å². The molecular formula is C29H44O5S. The normalized spacial score (nSPS) is 41.1. The first-order chi connectivity index (χ1) is 16.7. The van der Waals surface area contributed by atoms with E-state index < -0.39 is 15.7 Å². The first kappa shape index (κ1) is 25.7. The van der Waals surface area contributed by atoms with Crippen LogP contribution in [0.15, 0.2) is 29.2 Å². The lowest BCUT2D eigenvalue weighted by atomic mass is 9.49. The van der Waals surface area contributed by atoms with Crippen molar-refractivity contribution >= 4 is 10.1 Å². The molecule has 1 N–H and O–H groups in total. The van der Waals surface area contributed by atoms with E-state index in [-0.39, 0.29) is 10.3 Å². The van der Waals surface area contributed by atoms with Crippen molar-refractivity contribution in [3.05, 3.63) is 29.8 Å². The highest BCUT2D eigenvalue weighted by molar-refractivity contribution is 7.86. The molecule has 4 aliphatic rings. The molecule has 0 bridgehead atoms. The Bertz CT molecular complexity index is 991. The Labute approximate surface area is 212 Å². The molecule has 1 aromatic carbocycles. The van der Waals surface area contributed by atoms with Gasteiger partial charge in [-0.05, 0) is 125 Å². The lowest BCUT2D eigenvalue weighted by Crippen LogP contribution is -2.52. The molecule has 0 aliphatic heterocycles. The topological polar surface area (TPSA) is 72.8 Å². The standard InChI is InChI=1S/C29H44O5S/c1-4-33-19-29(30)16-14-24-21(17-29)7-11-26-25(24)13-15-28(3)22(8-12-27(26)28)18-34-35(31,32)23-9-5-20(2)6-10-23/h5-6,9-10,21-22,24-27,30H,4,7-8,11-19H2,1-3H3/t21-,22-,24+,25-,26-,27+,28-,29-/m1/s1. The molecule has 5 rings (SSSR count). The van der Waals surface area contributed by atoms with Gasteiger partial charge < -0.3 is 9.84 Å². The molecule has 0 radical (unpaired) electrons. The largest absolute Gasteiger partial charge is 0.387 e. The minimum atomic E-state index is -3.72. The van der Waals surface area contributed by atoms with Crippen molar-refractivity contribution in [3.63, 3.8) is 0 Å². The number of benzene rings is 1. The molecule has 196 valence electrons. The quantitative estimate of drug-likeness (QED) is 0.480. The second-order valence-electron chi connectivity index (χ2n) is 12.4. The van der Waals surface area contributed by atoms with E-state index in [0.717, 1.165) is 49.0 Å². The molecule has 4 aliphatic carbocycles. The highest BCUT2D eigenvalue weighted by Crippen LogP contribution is 2.64. The van der Waals surface area contributed by atoms with E-state index in [4.69, 9.17) is 8.92 Å². The van der Waals surface area contributed by atoms with E-state index in [1.54, 1.807) is 12.1 Å². The molecule has 0 amide bonds. The number of hydrogen-bond donors (Lipinski definition) is 1. The third kappa shape index (κ3) is 4.85. The van der Waals surface area contributed by atoms with Gasteiger partial charge in [0.05, 0.1) is 23.7 Å². The van der Waals surface area contributed by atoms with Crippen LogP contribution >= 0.6 is 0 Å². The monoisotopic (exact) mass is 504 g/mol. The van der Waals surface area contributed by atoms with Crippen LogP contribution in [0.5, 0.6) is 0 Å². The van der Waals surface area contributed by atoms with Crippen LogP contribution in [0.2, 0.25) is 0 Å². The fourth-order valence-electron chi connectivity index (χ4n) is 8.71. The van der Waals surface area contributed by atoms with Crippen LogP contribution in [-0.2, 0) is 19.0 Å². The first-order valence-corrected chi connectivity index (χ1v) is 15.3. The van der Waals surface area contributed by atoms with Crippen LogP contribution in [0.1, 0.15) is 77.2 Å². The maximum Gasteiger partial charge on any atom is 0.296 e. The summed E-state index contributed by atoms with van der Waals surface area (Å²) in [6, 6.07) is 6.94. The van der Waals surface area contributed by atoms with Crippen molar-refractivity contribution in [1.29, 1.82) is 0 Å². The lowest BCUT2D eigenvalue weighted by Gasteiger charge is -2.57. The number of hydrogen-bond acceptors (Lipinski definition) is 5. The molecule has 8 atom stereocenters. The zero-order valence-electron chi connectivity index (χ0n) is 21.7. The smallest absolute Gasteiger partial charge is 0.296 e. The summed E-state index contributed by atoms with van der Waals surface area (Å²) in [4.78, 5) is 0.256. The zero-order chi connectivity index (χ0) is 24.8. The number of ether oxygens (including phenoxy) is 1. The van der Waals surface area contributed by atoms with Gasteiger partial charge in [0.15, 0.2) is 0 Å². The summed E-state index contributed by atoms with van der Waals surface area (Å²) in [6.45, 7) is 7.82. The van der Waals surface area contributed by atoms with Crippen molar-refractivity contribution in [3.8, 4) is 0 Å². The molecule has 0 spiro atoms. The predicted octanol–water partition coefficient (Wildman–Crippen LogP) is 5.74. The average Bonchev–Trinajstić information content (AvgIpc) is 3.18. The van der Waals surface area contributed by atoms with Gasteiger partial charge in [0.1, 0.15) is 0 Å². The molecule has 4 saturated carbocycles. The summed E-state index contributed by atoms with van der Waals surface area (Å²) in [5.41, 5.74) is 0.575. The lowest BCUT2D eigenvalue weighted by molar-refractivity contribution is -0.129. The number of aryl methyl sites for hydroxylation is 1. The van der Waals surface area contributed by atoms with Crippen LogP contribution in [0.25, 0.3) is 0 Å². The molecule has 4 fully saturated rings. The molecule has 35 heavy (non-hydrogen) atoms. The van der Waals surface area contributed by atoms with E-state index in [1.807, 2.05) is 26.0 Å². The van der Waals surface area contributed by atoms with Gasteiger partial charge in [-0.3, -0.25) is 4.18 Å². The third-order valence-electron chi connectivity index (χ3n) is 10.6. The second kappa shape index (κ2) is 9.74. The van der Waals surface area contributed by atoms with E-state index in [9.17, 15) is 13.5 Å². The van der Waals surface area contributed by atoms with Crippen molar-refractivity contribution in [2.75, 3.05) is 19.8 Å². The Morgan fingerprint density at radius 2 is 1.71 bits per heavy atom. The van der Waals surface area contributed by atoms with Gasteiger partial charge in [-0.25, -0.2) is 0 Å². The Kier molecular flexibility index (Phi) is 7.15. The molecule has 0 aromatic heterocycles. The summed E-state index contributed by atoms with van der Waals surface area (Å²) in [6.07, 6.45) is 10.0. The molecule has 0 saturated heterocycles. The highest BCUT2D eigenvalue weighted by atomic mass is 32.2. The van der Waals surface area contributed by atoms with Crippen LogP contribution in [0, 0.1) is 47.8 Å². The van der Waals surface area contributed by atoms with Gasteiger partial charge in [-0.15, -0.1) is 0 Å². The van der Waals surface area contributed by atoms with E-state index in [2.05, 4.69) is 6.92 Å². The summed E-state index contributed by atoms with van der Waals surface area (Å²) in [5, 5.41) is 11.1. The summed E-state index contributed by atoms with van der Waals surface area (Å²) >= 11 is 0. The van der Waals surface area contributed by atoms with E-state index >= 15 is 0 Å². The Morgan fingerprint density at radius 1 is 0.971 bits per heavy atom. The van der Waals surface area contributed by atoms with Gasteiger partial charge >= 0.3 is 0 Å². The highest BCUT2D eigenvalue weighted by Gasteiger charge is 2.57. The number of fused-ring (bicyclic) bond motifs is 5. The van der Waals surface area contributed by atoms with Crippen LogP contribution in [0.3, 0.4) is 0 Å². The molecule has 0 heterocycles. The van der Waals surface area contributed by atoms with Gasteiger partial charge in [-0.1, -0.05) is 24.6 Å². The Morgan fingerprint density at radius 3 is 2.46 bits per heavy atom. The van der Waals surface area contributed by atoms with Crippen molar-refractivity contribution in [2.45, 2.75) is 89.1 Å². The van der Waals surface area contributed by atoms with Crippen LogP contribution < -0.4 is 0 Å². The predicted molar refractivity (Wildman–Crippen MR) is 136 cm³/mol. The first-order valence-electron chi connectivity index (χ1n) is 13.9. The maximum atomic E-state index is 12.8. The number of aliphatic hydroxyl groups is 1. The summed E-state index contributed by atoms with van der Waals surface area (Å²) in [5.74, 6) is 3.83. The molecule has 5 nitrogen and oxygen atoms in total. The van der Waals surface area contributed by atoms with Crippen LogP contribution in [0.4, 0.5) is 0 Å². The summed E-state index contributed by atoms with van der Waals surface area (Å²) in [7, 11) is -3.72. The molecule has 6 heteroatoms. The van der Waals surface area contributed by atoms with Gasteiger partial charge in [0.2, 0.25) is 0 Å².